The van der Waals surface area contributed by atoms with Crippen LogP contribution < -0.4 is 5.32 Å². The van der Waals surface area contributed by atoms with E-state index in [0.717, 1.165) is 16.5 Å². The van der Waals surface area contributed by atoms with Crippen LogP contribution in [0.2, 0.25) is 0 Å². The molecule has 0 aliphatic heterocycles. The average Bonchev–Trinajstić information content (AvgIpc) is 2.21. The number of rotatable bonds is 4. The van der Waals surface area contributed by atoms with Crippen molar-refractivity contribution in [3.8, 4) is 0 Å². The van der Waals surface area contributed by atoms with Gasteiger partial charge in [-0.1, -0.05) is 35.0 Å². The Labute approximate surface area is 99.2 Å². The molecule has 0 aliphatic carbocycles. The molecule has 0 saturated carbocycles. The topological polar surface area (TPSA) is 29.1 Å². The quantitative estimate of drug-likeness (QED) is 0.895. The van der Waals surface area contributed by atoms with Crippen molar-refractivity contribution < 1.29 is 4.79 Å². The first-order valence-electron chi connectivity index (χ1n) is 5.15. The number of hydrogen-bond acceptors (Lipinski definition) is 1. The van der Waals surface area contributed by atoms with E-state index in [4.69, 9.17) is 0 Å². The van der Waals surface area contributed by atoms with Crippen molar-refractivity contribution in [3.63, 3.8) is 0 Å². The number of nitrogens with one attached hydrogen (secondary N) is 1. The van der Waals surface area contributed by atoms with Gasteiger partial charge >= 0.3 is 0 Å². The third kappa shape index (κ3) is 4.47. The van der Waals surface area contributed by atoms with Crippen molar-refractivity contribution in [1.82, 2.24) is 5.32 Å². The SMILES string of the molecule is CC[C@H](C)NC(=O)Cc1ccc(Br)cc1. The molecule has 0 saturated heterocycles. The monoisotopic (exact) mass is 269 g/mol. The van der Waals surface area contributed by atoms with E-state index >= 15 is 0 Å². The minimum Gasteiger partial charge on any atom is -0.353 e. The van der Waals surface area contributed by atoms with Crippen LogP contribution in [0.5, 0.6) is 0 Å². The van der Waals surface area contributed by atoms with E-state index in [0.29, 0.717) is 6.42 Å². The molecular weight excluding hydrogens is 254 g/mol. The third-order valence-corrected chi connectivity index (χ3v) is 2.83. The zero-order valence-electron chi connectivity index (χ0n) is 9.09. The van der Waals surface area contributed by atoms with Crippen LogP contribution in [-0.4, -0.2) is 11.9 Å². The van der Waals surface area contributed by atoms with Gasteiger partial charge in [0, 0.05) is 10.5 Å². The summed E-state index contributed by atoms with van der Waals surface area (Å²) in [5.74, 6) is 0.0895. The van der Waals surface area contributed by atoms with E-state index in [1.807, 2.05) is 31.2 Å². The van der Waals surface area contributed by atoms with Crippen LogP contribution in [0.3, 0.4) is 0 Å². The highest BCUT2D eigenvalue weighted by atomic mass is 79.9. The number of hydrogen-bond donors (Lipinski definition) is 1. The van der Waals surface area contributed by atoms with Gasteiger partial charge in [0.25, 0.3) is 0 Å². The lowest BCUT2D eigenvalue weighted by Gasteiger charge is -2.11. The number of amides is 1. The van der Waals surface area contributed by atoms with Gasteiger partial charge in [-0.05, 0) is 31.0 Å². The molecule has 0 bridgehead atoms. The number of benzene rings is 1. The molecule has 0 spiro atoms. The molecule has 0 radical (unpaired) electrons. The van der Waals surface area contributed by atoms with Crippen molar-refractivity contribution in [2.45, 2.75) is 32.7 Å². The van der Waals surface area contributed by atoms with Crippen LogP contribution in [0.15, 0.2) is 28.7 Å². The number of carbonyl (C=O) groups is 1. The van der Waals surface area contributed by atoms with E-state index < -0.39 is 0 Å². The second-order valence-corrected chi connectivity index (χ2v) is 4.60. The Morgan fingerprint density at radius 3 is 2.53 bits per heavy atom. The summed E-state index contributed by atoms with van der Waals surface area (Å²) in [6.07, 6.45) is 1.42. The Hall–Kier alpha value is -0.830. The van der Waals surface area contributed by atoms with Crippen molar-refractivity contribution in [2.24, 2.45) is 0 Å². The highest BCUT2D eigenvalue weighted by Gasteiger charge is 2.05. The maximum Gasteiger partial charge on any atom is 0.224 e. The average molecular weight is 270 g/mol. The van der Waals surface area contributed by atoms with Gasteiger partial charge in [-0.2, -0.15) is 0 Å². The van der Waals surface area contributed by atoms with Crippen molar-refractivity contribution >= 4 is 21.8 Å². The number of halogens is 1. The van der Waals surface area contributed by atoms with Crippen LogP contribution in [0.4, 0.5) is 0 Å². The number of carbonyl (C=O) groups excluding carboxylic acids is 1. The maximum absolute atomic E-state index is 11.5. The van der Waals surface area contributed by atoms with Crippen LogP contribution >= 0.6 is 15.9 Å². The highest BCUT2D eigenvalue weighted by Crippen LogP contribution is 2.10. The van der Waals surface area contributed by atoms with Gasteiger partial charge in [-0.3, -0.25) is 4.79 Å². The summed E-state index contributed by atoms with van der Waals surface area (Å²) in [5, 5.41) is 2.94. The molecule has 1 aromatic carbocycles. The molecule has 1 atom stereocenters. The molecule has 82 valence electrons. The Balaban J connectivity index is 2.48. The fourth-order valence-corrected chi connectivity index (χ4v) is 1.48. The Morgan fingerprint density at radius 2 is 2.00 bits per heavy atom. The molecule has 0 unspecified atom stereocenters. The smallest absolute Gasteiger partial charge is 0.224 e. The van der Waals surface area contributed by atoms with E-state index in [1.54, 1.807) is 0 Å². The Bertz CT molecular complexity index is 321. The minimum absolute atomic E-state index is 0.0895. The van der Waals surface area contributed by atoms with Gasteiger partial charge in [-0.25, -0.2) is 0 Å². The Morgan fingerprint density at radius 1 is 1.40 bits per heavy atom. The lowest BCUT2D eigenvalue weighted by molar-refractivity contribution is -0.121. The van der Waals surface area contributed by atoms with Crippen LogP contribution in [0, 0.1) is 0 Å². The van der Waals surface area contributed by atoms with Gasteiger partial charge in [0.1, 0.15) is 0 Å². The van der Waals surface area contributed by atoms with E-state index in [2.05, 4.69) is 28.2 Å². The molecule has 0 fully saturated rings. The first-order valence-corrected chi connectivity index (χ1v) is 5.95. The van der Waals surface area contributed by atoms with Gasteiger partial charge in [0.05, 0.1) is 6.42 Å². The fourth-order valence-electron chi connectivity index (χ4n) is 1.22. The summed E-state index contributed by atoms with van der Waals surface area (Å²) in [7, 11) is 0. The second kappa shape index (κ2) is 5.91. The van der Waals surface area contributed by atoms with E-state index in [9.17, 15) is 4.79 Å². The molecule has 1 rings (SSSR count). The second-order valence-electron chi connectivity index (χ2n) is 3.68. The molecule has 1 N–H and O–H groups in total. The lowest BCUT2D eigenvalue weighted by atomic mass is 10.1. The maximum atomic E-state index is 11.5. The molecule has 0 aromatic heterocycles. The van der Waals surface area contributed by atoms with Crippen molar-refractivity contribution in [3.05, 3.63) is 34.3 Å². The highest BCUT2D eigenvalue weighted by molar-refractivity contribution is 9.10. The largest absolute Gasteiger partial charge is 0.353 e. The standard InChI is InChI=1S/C12H16BrNO/c1-3-9(2)14-12(15)8-10-4-6-11(13)7-5-10/h4-7,9H,3,8H2,1-2H3,(H,14,15)/t9-/m0/s1. The summed E-state index contributed by atoms with van der Waals surface area (Å²) in [6, 6.07) is 8.08. The first-order chi connectivity index (χ1) is 7.11. The molecule has 15 heavy (non-hydrogen) atoms. The fraction of sp³-hybridized carbons (Fsp3) is 0.417. The zero-order valence-corrected chi connectivity index (χ0v) is 10.7. The van der Waals surface area contributed by atoms with Crippen LogP contribution in [0.1, 0.15) is 25.8 Å². The molecule has 2 nitrogen and oxygen atoms in total. The van der Waals surface area contributed by atoms with E-state index in [1.165, 1.54) is 0 Å². The predicted molar refractivity (Wildman–Crippen MR) is 65.7 cm³/mol. The third-order valence-electron chi connectivity index (χ3n) is 2.30. The van der Waals surface area contributed by atoms with Gasteiger partial charge in [0.15, 0.2) is 0 Å². The van der Waals surface area contributed by atoms with Gasteiger partial charge in [0.2, 0.25) is 5.91 Å². The minimum atomic E-state index is 0.0895. The summed E-state index contributed by atoms with van der Waals surface area (Å²) >= 11 is 3.36. The van der Waals surface area contributed by atoms with Crippen molar-refractivity contribution in [1.29, 1.82) is 0 Å². The lowest BCUT2D eigenvalue weighted by Crippen LogP contribution is -2.33. The normalized spacial score (nSPS) is 12.2. The van der Waals surface area contributed by atoms with Gasteiger partial charge in [-0.15, -0.1) is 0 Å². The molecule has 1 amide bonds. The Kier molecular flexibility index (Phi) is 4.82. The van der Waals surface area contributed by atoms with Crippen LogP contribution in [-0.2, 0) is 11.2 Å². The molecule has 3 heteroatoms. The van der Waals surface area contributed by atoms with E-state index in [-0.39, 0.29) is 11.9 Å². The molecule has 1 aromatic rings. The summed E-state index contributed by atoms with van der Waals surface area (Å²) in [4.78, 5) is 11.5. The van der Waals surface area contributed by atoms with Gasteiger partial charge < -0.3 is 5.32 Å². The first kappa shape index (κ1) is 12.2. The van der Waals surface area contributed by atoms with Crippen LogP contribution in [0.25, 0.3) is 0 Å². The van der Waals surface area contributed by atoms with Crippen molar-refractivity contribution in [2.75, 3.05) is 0 Å². The molecular formula is C12H16BrNO. The summed E-state index contributed by atoms with van der Waals surface area (Å²) < 4.78 is 1.04. The predicted octanol–water partition coefficient (Wildman–Crippen LogP) is 2.91. The summed E-state index contributed by atoms with van der Waals surface area (Å²) in [5.41, 5.74) is 1.04. The zero-order chi connectivity index (χ0) is 11.3. The molecule has 0 aliphatic rings. The summed E-state index contributed by atoms with van der Waals surface area (Å²) in [6.45, 7) is 4.07. The molecule has 0 heterocycles.